The number of alkyl halides is 3. The van der Waals surface area contributed by atoms with Crippen LogP contribution < -0.4 is 10.3 Å². The minimum Gasteiger partial charge on any atom is -0.487 e. The predicted molar refractivity (Wildman–Crippen MR) is 113 cm³/mol. The van der Waals surface area contributed by atoms with Crippen molar-refractivity contribution in [3.05, 3.63) is 85.8 Å². The molecule has 2 heterocycles. The van der Waals surface area contributed by atoms with E-state index in [4.69, 9.17) is 19.9 Å². The minimum absolute atomic E-state index is 0.0172. The molecule has 2 aromatic heterocycles. The van der Waals surface area contributed by atoms with E-state index < -0.39 is 23.8 Å². The van der Waals surface area contributed by atoms with Gasteiger partial charge in [0.15, 0.2) is 0 Å². The molecular weight excluding hydrogens is 547 g/mol. The summed E-state index contributed by atoms with van der Waals surface area (Å²) in [7, 11) is 0. The fourth-order valence-electron chi connectivity index (χ4n) is 2.51. The van der Waals surface area contributed by atoms with Crippen LogP contribution in [0.2, 0.25) is 0 Å². The van der Waals surface area contributed by atoms with Crippen LogP contribution >= 0.6 is 15.9 Å². The van der Waals surface area contributed by atoms with Crippen molar-refractivity contribution in [1.82, 2.24) is 14.5 Å². The number of halogens is 6. The van der Waals surface area contributed by atoms with Gasteiger partial charge in [0.2, 0.25) is 5.82 Å². The zero-order valence-corrected chi connectivity index (χ0v) is 19.2. The maximum Gasteiger partial charge on any atom is 0.490 e. The summed E-state index contributed by atoms with van der Waals surface area (Å²) in [5.74, 6) is -3.90. The van der Waals surface area contributed by atoms with Gasteiger partial charge in [0, 0.05) is 29.6 Å². The van der Waals surface area contributed by atoms with E-state index in [1.807, 2.05) is 6.07 Å². The lowest BCUT2D eigenvalue weighted by molar-refractivity contribution is -0.192. The molecule has 3 aromatic rings. The molecular formula is C21H14BrF5N4O4. The molecule has 0 fully saturated rings. The number of aliphatic carboxylic acids is 1. The van der Waals surface area contributed by atoms with Gasteiger partial charge in [0.25, 0.3) is 5.56 Å². The van der Waals surface area contributed by atoms with Crippen LogP contribution in [0.3, 0.4) is 0 Å². The Labute approximate surface area is 202 Å². The molecule has 0 atom stereocenters. The average Bonchev–Trinajstić information content (AvgIpc) is 2.79. The van der Waals surface area contributed by atoms with E-state index in [9.17, 15) is 26.7 Å². The number of hydrogen-bond donors (Lipinski definition) is 1. The summed E-state index contributed by atoms with van der Waals surface area (Å²) in [5, 5.41) is 16.0. The van der Waals surface area contributed by atoms with E-state index in [0.29, 0.717) is 11.4 Å². The minimum atomic E-state index is -5.08. The molecule has 1 aromatic carbocycles. The Kier molecular flexibility index (Phi) is 9.01. The normalized spacial score (nSPS) is 10.7. The van der Waals surface area contributed by atoms with Crippen molar-refractivity contribution in [2.24, 2.45) is 0 Å². The van der Waals surface area contributed by atoms with E-state index in [1.165, 1.54) is 16.8 Å². The highest BCUT2D eigenvalue weighted by Gasteiger charge is 2.38. The second-order valence-corrected chi connectivity index (χ2v) is 7.46. The number of carboxylic acid groups (broad SMARTS) is 1. The first-order valence-corrected chi connectivity index (χ1v) is 10.1. The Morgan fingerprint density at radius 1 is 1.26 bits per heavy atom. The van der Waals surface area contributed by atoms with Gasteiger partial charge < -0.3 is 14.4 Å². The highest BCUT2D eigenvalue weighted by Crippen LogP contribution is 2.24. The molecule has 0 aliphatic carbocycles. The van der Waals surface area contributed by atoms with Crippen molar-refractivity contribution >= 4 is 21.9 Å². The zero-order chi connectivity index (χ0) is 26.3. The number of aromatic nitrogens is 3. The van der Waals surface area contributed by atoms with Gasteiger partial charge in [-0.25, -0.2) is 23.5 Å². The van der Waals surface area contributed by atoms with Gasteiger partial charge in [0.05, 0.1) is 12.2 Å². The van der Waals surface area contributed by atoms with Gasteiger partial charge in [0.1, 0.15) is 34.5 Å². The summed E-state index contributed by atoms with van der Waals surface area (Å²) < 4.78 is 65.7. The molecule has 35 heavy (non-hydrogen) atoms. The second kappa shape index (κ2) is 11.5. The fraction of sp³-hybridized carbons (Fsp3) is 0.190. The quantitative estimate of drug-likeness (QED) is 0.466. The summed E-state index contributed by atoms with van der Waals surface area (Å²) in [6.45, 7) is 1.70. The van der Waals surface area contributed by atoms with Crippen LogP contribution in [0.5, 0.6) is 5.75 Å². The molecule has 0 saturated carbocycles. The lowest BCUT2D eigenvalue weighted by atomic mass is 10.2. The van der Waals surface area contributed by atoms with Crippen molar-refractivity contribution in [2.45, 2.75) is 26.3 Å². The van der Waals surface area contributed by atoms with Crippen molar-refractivity contribution in [3.63, 3.8) is 0 Å². The zero-order valence-electron chi connectivity index (χ0n) is 17.6. The number of nitrogens with zero attached hydrogens (tertiary/aromatic N) is 4. The second-order valence-electron chi connectivity index (χ2n) is 6.67. The fourth-order valence-corrected chi connectivity index (χ4v) is 2.95. The highest BCUT2D eigenvalue weighted by molar-refractivity contribution is 9.10. The van der Waals surface area contributed by atoms with Crippen LogP contribution in [0.15, 0.2) is 45.8 Å². The molecule has 14 heteroatoms. The first kappa shape index (κ1) is 27.4. The summed E-state index contributed by atoms with van der Waals surface area (Å²) in [6, 6.07) is 8.28. The third kappa shape index (κ3) is 7.57. The molecule has 0 unspecified atom stereocenters. The molecule has 3 rings (SSSR count). The monoisotopic (exact) mass is 560 g/mol. The number of nitriles is 1. The van der Waals surface area contributed by atoms with Crippen LogP contribution in [0.1, 0.15) is 22.8 Å². The Hall–Kier alpha value is -3.86. The third-order valence-corrected chi connectivity index (χ3v) is 4.92. The molecule has 0 aliphatic rings. The Bertz CT molecular complexity index is 1340. The number of benzene rings is 1. The molecule has 0 amide bonds. The van der Waals surface area contributed by atoms with Crippen molar-refractivity contribution in [3.8, 4) is 11.8 Å². The van der Waals surface area contributed by atoms with Crippen molar-refractivity contribution in [2.75, 3.05) is 0 Å². The number of rotatable bonds is 5. The van der Waals surface area contributed by atoms with E-state index in [1.54, 1.807) is 19.1 Å². The van der Waals surface area contributed by atoms with Crippen LogP contribution in [-0.2, 0) is 17.9 Å². The van der Waals surface area contributed by atoms with Crippen LogP contribution in [-0.4, -0.2) is 31.8 Å². The molecule has 1 N–H and O–H groups in total. The standard InChI is InChI=1S/C19H13BrF2N4O2.C2HF3O2/c1-11-6-16(28-10-12-2-3-13(21)7-15(12)22)18(20)19(27)26(11)9-14-4-5-24-17(8-23)25-14;3-2(4,5)1(6)7/h2-7H,9-10H2,1H3;(H,6,7). The van der Waals surface area contributed by atoms with E-state index >= 15 is 0 Å². The maximum absolute atomic E-state index is 13.7. The summed E-state index contributed by atoms with van der Waals surface area (Å²) in [6.07, 6.45) is -3.63. The molecule has 184 valence electrons. The van der Waals surface area contributed by atoms with E-state index in [-0.39, 0.29) is 40.3 Å². The predicted octanol–water partition coefficient (Wildman–Crippen LogP) is 4.12. The van der Waals surface area contributed by atoms with Gasteiger partial charge in [-0.05, 0) is 41.1 Å². The molecule has 8 nitrogen and oxygen atoms in total. The lowest BCUT2D eigenvalue weighted by Crippen LogP contribution is -2.24. The summed E-state index contributed by atoms with van der Waals surface area (Å²) in [5.41, 5.74) is 0.887. The number of hydrogen-bond acceptors (Lipinski definition) is 6. The lowest BCUT2D eigenvalue weighted by Gasteiger charge is -2.14. The van der Waals surface area contributed by atoms with Crippen LogP contribution in [0, 0.1) is 29.9 Å². The number of ether oxygens (including phenoxy) is 1. The SMILES string of the molecule is Cc1cc(OCc2ccc(F)cc2F)c(Br)c(=O)n1Cc1ccnc(C#N)n1.O=C(O)C(F)(F)F. The third-order valence-electron chi connectivity index (χ3n) is 4.19. The Balaban J connectivity index is 0.000000540. The average molecular weight is 561 g/mol. The smallest absolute Gasteiger partial charge is 0.487 e. The van der Waals surface area contributed by atoms with Crippen LogP contribution in [0.25, 0.3) is 0 Å². The van der Waals surface area contributed by atoms with Gasteiger partial charge >= 0.3 is 12.1 Å². The number of carbonyl (C=O) groups is 1. The van der Waals surface area contributed by atoms with Gasteiger partial charge in [-0.1, -0.05) is 0 Å². The number of carboxylic acids is 1. The first-order valence-electron chi connectivity index (χ1n) is 9.32. The van der Waals surface area contributed by atoms with E-state index in [2.05, 4.69) is 25.9 Å². The van der Waals surface area contributed by atoms with Gasteiger partial charge in [-0.3, -0.25) is 4.79 Å². The van der Waals surface area contributed by atoms with Crippen LogP contribution in [0.4, 0.5) is 22.0 Å². The molecule has 0 spiro atoms. The largest absolute Gasteiger partial charge is 0.490 e. The van der Waals surface area contributed by atoms with Gasteiger partial charge in [-0.2, -0.15) is 18.4 Å². The van der Waals surface area contributed by atoms with E-state index in [0.717, 1.165) is 12.1 Å². The van der Waals surface area contributed by atoms with Gasteiger partial charge in [-0.15, -0.1) is 0 Å². The number of aryl methyl sites for hydroxylation is 1. The molecule has 0 radical (unpaired) electrons. The topological polar surface area (TPSA) is 118 Å². The Morgan fingerprint density at radius 3 is 2.49 bits per heavy atom. The van der Waals surface area contributed by atoms with Crippen molar-refractivity contribution in [1.29, 1.82) is 5.26 Å². The summed E-state index contributed by atoms with van der Waals surface area (Å²) in [4.78, 5) is 29.5. The molecule has 0 saturated heterocycles. The van der Waals surface area contributed by atoms with Crippen molar-refractivity contribution < 1.29 is 36.6 Å². The molecule has 0 bridgehead atoms. The highest BCUT2D eigenvalue weighted by atomic mass is 79.9. The maximum atomic E-state index is 13.7. The Morgan fingerprint density at radius 2 is 1.91 bits per heavy atom. The number of pyridine rings is 1. The first-order chi connectivity index (χ1) is 16.3. The summed E-state index contributed by atoms with van der Waals surface area (Å²) >= 11 is 3.21. The molecule has 0 aliphatic heterocycles.